The van der Waals surface area contributed by atoms with Crippen LogP contribution in [0.2, 0.25) is 5.02 Å². The number of halogens is 2. The fraction of sp³-hybridized carbons (Fsp3) is 0.409. The van der Waals surface area contributed by atoms with Crippen molar-refractivity contribution in [2.45, 2.75) is 30.6 Å². The highest BCUT2D eigenvalue weighted by Crippen LogP contribution is 2.58. The molecule has 0 heterocycles. The Morgan fingerprint density at radius 3 is 2.44 bits per heavy atom. The zero-order valence-corrected chi connectivity index (χ0v) is 19.4. The molecule has 5 atom stereocenters. The minimum absolute atomic E-state index is 0. The first-order valence-electron chi connectivity index (χ1n) is 11.4. The number of phenols is 1. The Kier molecular flexibility index (Phi) is 5.12. The van der Waals surface area contributed by atoms with Gasteiger partial charge in [0.1, 0.15) is 22.8 Å². The molecule has 10 nitrogen and oxygen atoms in total. The molecular weight excluding hydrogens is 492 g/mol. The number of Topliss-reactive ketones (excluding diaryl/α,β-unsaturated/α-hetero) is 2. The largest absolute Gasteiger partial charge is 0.508 e. The average Bonchev–Trinajstić information content (AvgIpc) is 2.74. The quantitative estimate of drug-likeness (QED) is 0.242. The van der Waals surface area contributed by atoms with E-state index in [1.165, 1.54) is 13.0 Å². The van der Waals surface area contributed by atoms with Gasteiger partial charge in [0.2, 0.25) is 5.78 Å². The van der Waals surface area contributed by atoms with Crippen LogP contribution in [0.3, 0.4) is 0 Å². The Labute approximate surface area is 209 Å². The molecule has 1 aromatic carbocycles. The number of amides is 1. The lowest BCUT2D eigenvalue weighted by molar-refractivity contribution is -0.159. The van der Waals surface area contributed by atoms with Crippen molar-refractivity contribution in [2.75, 3.05) is 14.0 Å². The van der Waals surface area contributed by atoms with E-state index in [-0.39, 0.29) is 28.6 Å². The van der Waals surface area contributed by atoms with Crippen molar-refractivity contribution < 1.29 is 44.0 Å². The number of carbonyl (C=O) groups is 3. The summed E-state index contributed by atoms with van der Waals surface area (Å²) in [4.78, 5) is 39.7. The number of hydrogen-bond donors (Lipinski definition) is 6. The molecule has 1 amide bonds. The number of phenolic OH excluding ortho intramolecular Hbond substituents is 1. The molecule has 0 aromatic heterocycles. The van der Waals surface area contributed by atoms with Crippen molar-refractivity contribution in [3.63, 3.8) is 0 Å². The van der Waals surface area contributed by atoms with Crippen molar-refractivity contribution in [3.05, 3.63) is 45.2 Å². The topological polar surface area (TPSA) is 182 Å². The van der Waals surface area contributed by atoms with Gasteiger partial charge in [-0.25, -0.2) is 0 Å². The molecule has 7 N–H and O–H groups in total. The van der Waals surface area contributed by atoms with Gasteiger partial charge in [0.25, 0.3) is 5.91 Å². The minimum atomic E-state index is -3.07. The fourth-order valence-electron chi connectivity index (χ4n) is 5.43. The predicted octanol–water partition coefficient (Wildman–Crippen LogP) is 0.704. The van der Waals surface area contributed by atoms with E-state index in [1.54, 1.807) is 0 Å². The highest BCUT2D eigenvalue weighted by atomic mass is 35.5. The standard InChI is InChI=1S/C22H23ClN2O8.ClH/c1-21(32)7-6-8-15(25(2)3)17(28)13(20(24)31)19(30)22(8,33)18(29)11(7)16(27)12-10(26)5-4-9(23)14(12)21;/h4-5,7-8,15,26-27,30,32-33H,6H2,1-3H3,(H2,24,31);1H/t7-,8-,15-,21-,22-;/m0./s1/i2+1D3;. The van der Waals surface area contributed by atoms with Gasteiger partial charge in [-0.05, 0) is 39.5 Å². The normalized spacial score (nSPS) is 34.4. The van der Waals surface area contributed by atoms with Crippen LogP contribution >= 0.6 is 24.0 Å². The highest BCUT2D eigenvalue weighted by molar-refractivity contribution is 6.32. The van der Waals surface area contributed by atoms with Gasteiger partial charge in [-0.1, -0.05) is 11.6 Å². The van der Waals surface area contributed by atoms with Crippen LogP contribution in [0.5, 0.6) is 5.75 Å². The van der Waals surface area contributed by atoms with Crippen molar-refractivity contribution in [2.24, 2.45) is 17.6 Å². The molecule has 0 aliphatic heterocycles. The van der Waals surface area contributed by atoms with Gasteiger partial charge in [0.05, 0.1) is 17.2 Å². The highest BCUT2D eigenvalue weighted by Gasteiger charge is 2.66. The summed E-state index contributed by atoms with van der Waals surface area (Å²) in [7, 11) is 1.01. The van der Waals surface area contributed by atoms with Crippen LogP contribution in [-0.4, -0.2) is 73.6 Å². The van der Waals surface area contributed by atoms with Crippen LogP contribution in [0.25, 0.3) is 5.76 Å². The maximum atomic E-state index is 13.8. The number of nitrogens with zero attached hydrogens (tertiary/aromatic N) is 1. The number of nitrogens with two attached hydrogens (primary N) is 1. The van der Waals surface area contributed by atoms with Gasteiger partial charge in [0.15, 0.2) is 11.4 Å². The Morgan fingerprint density at radius 1 is 1.26 bits per heavy atom. The Morgan fingerprint density at radius 2 is 1.88 bits per heavy atom. The third-order valence-corrected chi connectivity index (χ3v) is 7.25. The second kappa shape index (κ2) is 7.96. The van der Waals surface area contributed by atoms with Crippen LogP contribution in [0, 0.1) is 11.8 Å². The second-order valence-corrected chi connectivity index (χ2v) is 9.13. The average molecular weight is 519 g/mol. The summed E-state index contributed by atoms with van der Waals surface area (Å²) in [6, 6.07) is 0.514. The molecule has 0 bridgehead atoms. The number of aliphatic hydroxyl groups is 4. The minimum Gasteiger partial charge on any atom is -0.508 e. The van der Waals surface area contributed by atoms with E-state index in [0.717, 1.165) is 13.1 Å². The Hall–Kier alpha value is -2.63. The summed E-state index contributed by atoms with van der Waals surface area (Å²) in [5, 5.41) is 55.4. The molecule has 0 radical (unpaired) electrons. The molecule has 3 aliphatic carbocycles. The molecule has 12 heteroatoms. The second-order valence-electron chi connectivity index (χ2n) is 8.72. The number of likely N-dealkylation sites (N-methyl/N-ethyl adjacent to an activating group) is 1. The fourth-order valence-corrected chi connectivity index (χ4v) is 5.78. The number of aromatic hydroxyl groups is 1. The number of primary amides is 1. The predicted molar refractivity (Wildman–Crippen MR) is 122 cm³/mol. The lowest BCUT2D eigenvalue weighted by Gasteiger charge is -2.53. The van der Waals surface area contributed by atoms with Crippen molar-refractivity contribution in [1.82, 2.24) is 4.90 Å². The summed E-state index contributed by atoms with van der Waals surface area (Å²) in [6.07, 6.45) is -0.521. The number of ketones is 2. The summed E-state index contributed by atoms with van der Waals surface area (Å²) in [5.41, 5.74) is -2.17. The number of fused-ring (bicyclic) bond motifs is 3. The molecule has 34 heavy (non-hydrogen) atoms. The van der Waals surface area contributed by atoms with E-state index >= 15 is 0 Å². The zero-order valence-electron chi connectivity index (χ0n) is 20.9. The van der Waals surface area contributed by atoms with E-state index in [2.05, 4.69) is 0 Å². The first kappa shape index (κ1) is 21.9. The van der Waals surface area contributed by atoms with Gasteiger partial charge in [-0.3, -0.25) is 19.3 Å². The number of carbonyl (C=O) groups excluding carboxylic acids is 3. The first-order valence-corrected chi connectivity index (χ1v) is 10.2. The Balaban J connectivity index is 0.00000380. The van der Waals surface area contributed by atoms with Crippen LogP contribution < -0.4 is 5.73 Å². The monoisotopic (exact) mass is 518 g/mol. The van der Waals surface area contributed by atoms with Crippen LogP contribution in [0.15, 0.2) is 29.0 Å². The Bertz CT molecular complexity index is 1310. The molecule has 3 aliphatic rings. The number of hydrogen-bond acceptors (Lipinski definition) is 9. The molecule has 0 saturated heterocycles. The maximum Gasteiger partial charge on any atom is 0.255 e. The molecule has 4 rings (SSSR count). The van der Waals surface area contributed by atoms with E-state index in [1.807, 2.05) is 0 Å². The smallest absolute Gasteiger partial charge is 0.255 e. The summed E-state index contributed by atoms with van der Waals surface area (Å²) >= 11 is 6.26. The molecule has 1 saturated carbocycles. The lowest BCUT2D eigenvalue weighted by Crippen LogP contribution is -2.67. The van der Waals surface area contributed by atoms with E-state index < -0.39 is 88.4 Å². The van der Waals surface area contributed by atoms with E-state index in [0.29, 0.717) is 4.90 Å². The van der Waals surface area contributed by atoms with Crippen molar-refractivity contribution in [1.29, 1.82) is 0 Å². The van der Waals surface area contributed by atoms with Gasteiger partial charge >= 0.3 is 0 Å². The van der Waals surface area contributed by atoms with E-state index in [9.17, 15) is 39.9 Å². The van der Waals surface area contributed by atoms with Gasteiger partial charge in [-0.15, -0.1) is 12.4 Å². The first-order chi connectivity index (χ1) is 16.4. The zero-order chi connectivity index (χ0) is 27.3. The van der Waals surface area contributed by atoms with Crippen LogP contribution in [0.4, 0.5) is 0 Å². The van der Waals surface area contributed by atoms with Crippen LogP contribution in [0.1, 0.15) is 28.6 Å². The van der Waals surface area contributed by atoms with Gasteiger partial charge in [-0.2, -0.15) is 0 Å². The van der Waals surface area contributed by atoms with Gasteiger partial charge in [0, 0.05) is 32.1 Å². The number of benzene rings is 1. The summed E-state index contributed by atoms with van der Waals surface area (Å²) < 4.78 is 23.2. The molecular formula is C22H24Cl2N2O8. The summed E-state index contributed by atoms with van der Waals surface area (Å²) in [6.45, 7) is -1.71. The number of rotatable bonds is 2. The van der Waals surface area contributed by atoms with Gasteiger partial charge < -0.3 is 31.3 Å². The van der Waals surface area contributed by atoms with Crippen molar-refractivity contribution in [3.8, 4) is 5.75 Å². The third-order valence-electron chi connectivity index (χ3n) is 6.93. The third kappa shape index (κ3) is 3.03. The molecule has 1 aromatic rings. The SMILES string of the molecule is Cl.[2H][13C]([2H])([2H])N(C)[C@@H]1C(=O)C(C(N)=O)=C(O)[C@@]2(O)C(=O)C3=C(O)c4c(O)ccc(Cl)c4[C@@](C)(O)[C@H]3C[C@@H]12. The lowest BCUT2D eigenvalue weighted by atomic mass is 9.54. The summed E-state index contributed by atoms with van der Waals surface area (Å²) in [5.74, 6) is -9.98. The maximum absolute atomic E-state index is 13.8. The molecule has 184 valence electrons. The number of aliphatic hydroxyl groups excluding tert-OH is 2. The van der Waals surface area contributed by atoms with E-state index in [4.69, 9.17) is 21.4 Å². The molecule has 0 spiro atoms. The van der Waals surface area contributed by atoms with Crippen LogP contribution in [-0.2, 0) is 20.0 Å². The van der Waals surface area contributed by atoms with Crippen molar-refractivity contribution >= 4 is 47.2 Å². The molecule has 0 unspecified atom stereocenters. The molecule has 1 fully saturated rings.